The maximum atomic E-state index is 14.1. The molecule has 4 aromatic rings. The first-order valence-electron chi connectivity index (χ1n) is 11.4. The predicted molar refractivity (Wildman–Crippen MR) is 142 cm³/mol. The molecule has 0 aliphatic carbocycles. The Hall–Kier alpha value is -3.90. The fourth-order valence-corrected chi connectivity index (χ4v) is 5.58. The molecule has 2 atom stereocenters. The van der Waals surface area contributed by atoms with Gasteiger partial charge in [0, 0.05) is 15.7 Å². The van der Waals surface area contributed by atoms with Gasteiger partial charge in [0.25, 0.3) is 5.91 Å². The number of methoxy groups -OCH3 is 1. The van der Waals surface area contributed by atoms with Crippen molar-refractivity contribution in [3.05, 3.63) is 124 Å². The third kappa shape index (κ3) is 3.28. The highest BCUT2D eigenvalue weighted by Gasteiger charge is 2.62. The maximum absolute atomic E-state index is 14.1. The molecule has 1 amide bonds. The van der Waals surface area contributed by atoms with E-state index < -0.39 is 5.54 Å². The molecular formula is C29H22BrN3O2. The van der Waals surface area contributed by atoms with E-state index in [0.29, 0.717) is 0 Å². The number of nitrogens with zero attached hydrogens (tertiary/aromatic N) is 2. The Kier molecular flexibility index (Phi) is 5.19. The summed E-state index contributed by atoms with van der Waals surface area (Å²) in [6, 6.07) is 33.9. The number of carbonyl (C=O) groups is 1. The van der Waals surface area contributed by atoms with Crippen molar-refractivity contribution >= 4 is 38.9 Å². The summed E-state index contributed by atoms with van der Waals surface area (Å²) in [6.07, 6.45) is 0. The number of ether oxygens (including phenoxy) is 1. The van der Waals surface area contributed by atoms with Crippen LogP contribution < -0.4 is 15.1 Å². The molecule has 0 unspecified atom stereocenters. The van der Waals surface area contributed by atoms with Crippen LogP contribution in [0.1, 0.15) is 22.6 Å². The first-order valence-corrected chi connectivity index (χ1v) is 12.2. The SMILES string of the molecule is COc1ccc(C2=NN(c3ccccc3)[C@]3(C(=O)Nc4cc(Br)ccc43)[C@H]2c2ccccc2)cc1. The lowest BCUT2D eigenvalue weighted by atomic mass is 9.72. The van der Waals surface area contributed by atoms with Gasteiger partial charge in [-0.3, -0.25) is 4.79 Å². The number of para-hydroxylation sites is 1. The Morgan fingerprint density at radius 3 is 2.29 bits per heavy atom. The Labute approximate surface area is 212 Å². The molecule has 0 saturated carbocycles. The van der Waals surface area contributed by atoms with Crippen LogP contribution in [0.4, 0.5) is 11.4 Å². The number of hydrogen-bond acceptors (Lipinski definition) is 4. The molecule has 1 spiro atoms. The van der Waals surface area contributed by atoms with Crippen LogP contribution in [0.5, 0.6) is 5.75 Å². The van der Waals surface area contributed by atoms with E-state index in [4.69, 9.17) is 9.84 Å². The van der Waals surface area contributed by atoms with Gasteiger partial charge in [-0.15, -0.1) is 0 Å². The summed E-state index contributed by atoms with van der Waals surface area (Å²) in [5, 5.41) is 10.2. The average molecular weight is 524 g/mol. The van der Waals surface area contributed by atoms with Crippen molar-refractivity contribution in [3.63, 3.8) is 0 Å². The van der Waals surface area contributed by atoms with Gasteiger partial charge in [-0.1, -0.05) is 70.5 Å². The molecule has 4 aromatic carbocycles. The standard InChI is InChI=1S/C29H22BrN3O2/c1-35-23-15-12-20(13-16-23)27-26(19-8-4-2-5-9-19)29(33(32-27)22-10-6-3-7-11-22)24-17-14-21(30)18-25(24)31-28(29)34/h2-18,26H,1H3,(H,31,34)/t26-,29-/m0/s1. The zero-order valence-electron chi connectivity index (χ0n) is 19.0. The summed E-state index contributed by atoms with van der Waals surface area (Å²) in [7, 11) is 1.65. The number of rotatable bonds is 4. The fourth-order valence-electron chi connectivity index (χ4n) is 5.21. The van der Waals surface area contributed by atoms with E-state index in [-0.39, 0.29) is 11.8 Å². The summed E-state index contributed by atoms with van der Waals surface area (Å²) < 4.78 is 6.29. The van der Waals surface area contributed by atoms with Gasteiger partial charge < -0.3 is 10.1 Å². The molecule has 172 valence electrons. The van der Waals surface area contributed by atoms with Crippen LogP contribution in [0.2, 0.25) is 0 Å². The molecule has 5 nitrogen and oxygen atoms in total. The molecule has 0 radical (unpaired) electrons. The molecule has 6 heteroatoms. The average Bonchev–Trinajstić information content (AvgIpc) is 3.40. The third-order valence-electron chi connectivity index (χ3n) is 6.74. The van der Waals surface area contributed by atoms with Crippen molar-refractivity contribution in [2.75, 3.05) is 17.4 Å². The molecule has 6 rings (SSSR count). The van der Waals surface area contributed by atoms with Crippen LogP contribution in [-0.4, -0.2) is 18.7 Å². The minimum Gasteiger partial charge on any atom is -0.497 e. The number of benzene rings is 4. The lowest BCUT2D eigenvalue weighted by Crippen LogP contribution is -2.50. The molecule has 2 heterocycles. The van der Waals surface area contributed by atoms with Crippen molar-refractivity contribution in [2.24, 2.45) is 5.10 Å². The van der Waals surface area contributed by atoms with E-state index in [1.807, 2.05) is 96.0 Å². The summed E-state index contributed by atoms with van der Waals surface area (Å²) in [6.45, 7) is 0. The number of nitrogens with one attached hydrogen (secondary N) is 1. The summed E-state index contributed by atoms with van der Waals surface area (Å²) in [5.41, 5.74) is 4.24. The van der Waals surface area contributed by atoms with Crippen molar-refractivity contribution in [1.29, 1.82) is 0 Å². The van der Waals surface area contributed by atoms with Crippen molar-refractivity contribution in [2.45, 2.75) is 11.5 Å². The number of fused-ring (bicyclic) bond motifs is 2. The quantitative estimate of drug-likeness (QED) is 0.340. The molecule has 2 aliphatic heterocycles. The van der Waals surface area contributed by atoms with E-state index in [1.165, 1.54) is 0 Å². The Bertz CT molecular complexity index is 1440. The van der Waals surface area contributed by atoms with Crippen molar-refractivity contribution < 1.29 is 9.53 Å². The van der Waals surface area contributed by atoms with Crippen LogP contribution in [0, 0.1) is 0 Å². The first kappa shape index (κ1) is 21.6. The first-order chi connectivity index (χ1) is 17.1. The van der Waals surface area contributed by atoms with E-state index in [2.05, 4.69) is 33.4 Å². The zero-order valence-corrected chi connectivity index (χ0v) is 20.6. The summed E-state index contributed by atoms with van der Waals surface area (Å²) in [4.78, 5) is 14.1. The summed E-state index contributed by atoms with van der Waals surface area (Å²) in [5.74, 6) is 0.322. The number of hydrogen-bond donors (Lipinski definition) is 1. The highest BCUT2D eigenvalue weighted by Crippen LogP contribution is 2.56. The monoisotopic (exact) mass is 523 g/mol. The van der Waals surface area contributed by atoms with Crippen LogP contribution in [0.15, 0.2) is 113 Å². The lowest BCUT2D eigenvalue weighted by molar-refractivity contribution is -0.120. The Morgan fingerprint density at radius 2 is 1.60 bits per heavy atom. The topological polar surface area (TPSA) is 53.9 Å². The largest absolute Gasteiger partial charge is 0.497 e. The number of halogens is 1. The highest BCUT2D eigenvalue weighted by molar-refractivity contribution is 9.10. The van der Waals surface area contributed by atoms with Gasteiger partial charge in [-0.05, 0) is 59.7 Å². The number of carbonyl (C=O) groups excluding carboxylic acids is 1. The highest BCUT2D eigenvalue weighted by atomic mass is 79.9. The van der Waals surface area contributed by atoms with Gasteiger partial charge in [-0.25, -0.2) is 5.01 Å². The van der Waals surface area contributed by atoms with Gasteiger partial charge in [0.15, 0.2) is 5.54 Å². The number of anilines is 2. The molecule has 1 N–H and O–H groups in total. The van der Waals surface area contributed by atoms with Gasteiger partial charge in [0.2, 0.25) is 0 Å². The molecule has 0 fully saturated rings. The van der Waals surface area contributed by atoms with E-state index >= 15 is 0 Å². The minimum atomic E-state index is -1.09. The van der Waals surface area contributed by atoms with E-state index in [1.54, 1.807) is 7.11 Å². The lowest BCUT2D eigenvalue weighted by Gasteiger charge is -2.37. The van der Waals surface area contributed by atoms with Crippen molar-refractivity contribution in [3.8, 4) is 5.75 Å². The zero-order chi connectivity index (χ0) is 24.0. The molecule has 2 aliphatic rings. The Balaban J connectivity index is 1.66. The van der Waals surface area contributed by atoms with Crippen LogP contribution in [-0.2, 0) is 10.3 Å². The maximum Gasteiger partial charge on any atom is 0.258 e. The summed E-state index contributed by atoms with van der Waals surface area (Å²) >= 11 is 3.56. The van der Waals surface area contributed by atoms with Gasteiger partial charge in [0.1, 0.15) is 5.75 Å². The second kappa shape index (κ2) is 8.40. The van der Waals surface area contributed by atoms with Gasteiger partial charge >= 0.3 is 0 Å². The molecule has 0 aromatic heterocycles. The molecular weight excluding hydrogens is 502 g/mol. The molecule has 0 bridgehead atoms. The Morgan fingerprint density at radius 1 is 0.914 bits per heavy atom. The second-order valence-corrected chi connectivity index (χ2v) is 9.53. The number of amides is 1. The normalized spacial score (nSPS) is 20.5. The van der Waals surface area contributed by atoms with Crippen LogP contribution in [0.3, 0.4) is 0 Å². The van der Waals surface area contributed by atoms with Crippen molar-refractivity contribution in [1.82, 2.24) is 0 Å². The van der Waals surface area contributed by atoms with Gasteiger partial charge in [-0.2, -0.15) is 5.10 Å². The number of hydrazone groups is 1. The minimum absolute atomic E-state index is 0.101. The molecule has 0 saturated heterocycles. The van der Waals surface area contributed by atoms with E-state index in [0.717, 1.165) is 44.0 Å². The fraction of sp³-hybridized carbons (Fsp3) is 0.103. The third-order valence-corrected chi connectivity index (χ3v) is 7.23. The predicted octanol–water partition coefficient (Wildman–Crippen LogP) is 6.31. The van der Waals surface area contributed by atoms with Gasteiger partial charge in [0.05, 0.1) is 24.4 Å². The molecule has 35 heavy (non-hydrogen) atoms. The van der Waals surface area contributed by atoms with Crippen LogP contribution >= 0.6 is 15.9 Å². The van der Waals surface area contributed by atoms with Crippen LogP contribution in [0.25, 0.3) is 0 Å². The smallest absolute Gasteiger partial charge is 0.258 e. The van der Waals surface area contributed by atoms with E-state index in [9.17, 15) is 4.79 Å². The second-order valence-electron chi connectivity index (χ2n) is 8.62.